The highest BCUT2D eigenvalue weighted by Gasteiger charge is 2.29. The Hall–Kier alpha value is -1.20. The third kappa shape index (κ3) is 0.870. The first kappa shape index (κ1) is 7.45. The number of rotatable bonds is 0. The van der Waals surface area contributed by atoms with Crippen LogP contribution in [-0.4, -0.2) is 16.8 Å². The summed E-state index contributed by atoms with van der Waals surface area (Å²) in [4.78, 5) is 23.1. The SMILES string of the molecule is NN1C(=O)Cc2sccc2C1=O. The van der Waals surface area contributed by atoms with Crippen LogP contribution in [0.15, 0.2) is 11.4 Å². The van der Waals surface area contributed by atoms with Gasteiger partial charge in [-0.2, -0.15) is 0 Å². The number of thiophene rings is 1. The Morgan fingerprint density at radius 1 is 1.50 bits per heavy atom. The van der Waals surface area contributed by atoms with E-state index in [0.29, 0.717) is 10.6 Å². The molecule has 0 spiro atoms. The van der Waals surface area contributed by atoms with Crippen molar-refractivity contribution in [3.63, 3.8) is 0 Å². The number of nitrogens with zero attached hydrogens (tertiary/aromatic N) is 1. The first-order valence-corrected chi connectivity index (χ1v) is 4.26. The summed E-state index contributed by atoms with van der Waals surface area (Å²) in [7, 11) is 0. The van der Waals surface area contributed by atoms with Gasteiger partial charge in [0.25, 0.3) is 5.91 Å². The molecule has 0 fully saturated rings. The summed E-state index contributed by atoms with van der Waals surface area (Å²) in [6.07, 6.45) is 0.245. The van der Waals surface area contributed by atoms with Crippen LogP contribution in [0.1, 0.15) is 15.2 Å². The van der Waals surface area contributed by atoms with Crippen molar-refractivity contribution in [1.29, 1.82) is 0 Å². The maximum atomic E-state index is 11.3. The first-order chi connectivity index (χ1) is 5.70. The first-order valence-electron chi connectivity index (χ1n) is 3.38. The number of nitrogens with two attached hydrogens (primary N) is 1. The van der Waals surface area contributed by atoms with Crippen LogP contribution in [0.2, 0.25) is 0 Å². The highest BCUT2D eigenvalue weighted by atomic mass is 32.1. The molecule has 2 N–H and O–H groups in total. The number of carbonyl (C=O) groups excluding carboxylic acids is 2. The summed E-state index contributed by atoms with van der Waals surface area (Å²) >= 11 is 1.41. The Morgan fingerprint density at radius 2 is 2.25 bits per heavy atom. The van der Waals surface area contributed by atoms with Crippen molar-refractivity contribution in [2.45, 2.75) is 6.42 Å². The number of amides is 2. The van der Waals surface area contributed by atoms with Gasteiger partial charge in [0.05, 0.1) is 12.0 Å². The van der Waals surface area contributed by atoms with Gasteiger partial charge in [-0.15, -0.1) is 11.3 Å². The van der Waals surface area contributed by atoms with E-state index in [1.807, 2.05) is 0 Å². The minimum Gasteiger partial charge on any atom is -0.273 e. The number of hydrazine groups is 1. The quantitative estimate of drug-likeness (QED) is 0.353. The second-order valence-corrected chi connectivity index (χ2v) is 3.50. The molecule has 1 aliphatic heterocycles. The largest absolute Gasteiger partial charge is 0.276 e. The Bertz CT molecular complexity index is 358. The van der Waals surface area contributed by atoms with Crippen molar-refractivity contribution in [2.24, 2.45) is 5.84 Å². The molecule has 62 valence electrons. The summed E-state index contributed by atoms with van der Waals surface area (Å²) in [5, 5.41) is 2.46. The van der Waals surface area contributed by atoms with E-state index in [2.05, 4.69) is 0 Å². The lowest BCUT2D eigenvalue weighted by molar-refractivity contribution is -0.128. The van der Waals surface area contributed by atoms with E-state index in [-0.39, 0.29) is 12.3 Å². The second-order valence-electron chi connectivity index (χ2n) is 2.50. The molecule has 5 heteroatoms. The zero-order valence-electron chi connectivity index (χ0n) is 6.11. The van der Waals surface area contributed by atoms with Crippen LogP contribution in [-0.2, 0) is 11.2 Å². The van der Waals surface area contributed by atoms with E-state index in [4.69, 9.17) is 5.84 Å². The lowest BCUT2D eigenvalue weighted by Crippen LogP contribution is -2.46. The number of carbonyl (C=O) groups is 2. The van der Waals surface area contributed by atoms with Gasteiger partial charge in [-0.25, -0.2) is 10.9 Å². The predicted octanol–water partition coefficient (Wildman–Crippen LogP) is 0.147. The molecule has 0 bridgehead atoms. The van der Waals surface area contributed by atoms with Crippen molar-refractivity contribution in [3.05, 3.63) is 21.9 Å². The molecule has 4 nitrogen and oxygen atoms in total. The lowest BCUT2D eigenvalue weighted by atomic mass is 10.1. The van der Waals surface area contributed by atoms with Gasteiger partial charge in [0.1, 0.15) is 0 Å². The van der Waals surface area contributed by atoms with E-state index in [1.165, 1.54) is 11.3 Å². The Kier molecular flexibility index (Phi) is 1.49. The summed E-state index contributed by atoms with van der Waals surface area (Å²) in [5.74, 6) is 4.50. The number of hydrogen-bond donors (Lipinski definition) is 1. The second kappa shape index (κ2) is 2.40. The Labute approximate surface area is 72.6 Å². The molecular formula is C7H6N2O2S. The molecule has 0 saturated carbocycles. The van der Waals surface area contributed by atoms with E-state index in [9.17, 15) is 9.59 Å². The van der Waals surface area contributed by atoms with Crippen LogP contribution in [0.5, 0.6) is 0 Å². The lowest BCUT2D eigenvalue weighted by Gasteiger charge is -2.19. The van der Waals surface area contributed by atoms with Gasteiger partial charge in [0, 0.05) is 4.88 Å². The molecule has 0 atom stereocenters. The molecule has 0 saturated heterocycles. The number of imide groups is 1. The van der Waals surface area contributed by atoms with Gasteiger partial charge in [0.15, 0.2) is 0 Å². The van der Waals surface area contributed by atoms with Crippen molar-refractivity contribution >= 4 is 23.2 Å². The summed E-state index contributed by atoms with van der Waals surface area (Å²) in [6.45, 7) is 0. The van der Waals surface area contributed by atoms with Gasteiger partial charge in [-0.1, -0.05) is 0 Å². The van der Waals surface area contributed by atoms with E-state index in [1.54, 1.807) is 11.4 Å². The van der Waals surface area contributed by atoms with Crippen molar-refractivity contribution in [1.82, 2.24) is 5.01 Å². The highest BCUT2D eigenvalue weighted by Crippen LogP contribution is 2.22. The number of hydrogen-bond acceptors (Lipinski definition) is 4. The van der Waals surface area contributed by atoms with Crippen LogP contribution in [0, 0.1) is 0 Å². The highest BCUT2D eigenvalue weighted by molar-refractivity contribution is 7.10. The Balaban J connectivity index is 2.53. The van der Waals surface area contributed by atoms with Crippen molar-refractivity contribution in [3.8, 4) is 0 Å². The third-order valence-corrected chi connectivity index (χ3v) is 2.70. The Morgan fingerprint density at radius 3 is 3.00 bits per heavy atom. The molecule has 0 radical (unpaired) electrons. The predicted molar refractivity (Wildman–Crippen MR) is 43.4 cm³/mol. The molecule has 1 aliphatic rings. The topological polar surface area (TPSA) is 63.4 Å². The van der Waals surface area contributed by atoms with Crippen LogP contribution < -0.4 is 5.84 Å². The summed E-state index contributed by atoms with van der Waals surface area (Å²) < 4.78 is 0. The molecule has 0 unspecified atom stereocenters. The third-order valence-electron chi connectivity index (χ3n) is 1.78. The average Bonchev–Trinajstić information content (AvgIpc) is 2.48. The fourth-order valence-corrected chi connectivity index (χ4v) is 1.99. The van der Waals surface area contributed by atoms with E-state index < -0.39 is 5.91 Å². The molecule has 1 aromatic rings. The molecule has 2 rings (SSSR count). The molecule has 0 aliphatic carbocycles. The van der Waals surface area contributed by atoms with E-state index in [0.717, 1.165) is 4.88 Å². The standard InChI is InChI=1S/C7H6N2O2S/c8-9-6(10)3-5-4(7(9)11)1-2-12-5/h1-2H,3,8H2. The molecular weight excluding hydrogens is 176 g/mol. The monoisotopic (exact) mass is 182 g/mol. The smallest absolute Gasteiger partial charge is 0.273 e. The minimum atomic E-state index is -0.400. The molecule has 0 aromatic carbocycles. The van der Waals surface area contributed by atoms with Gasteiger partial charge in [-0.3, -0.25) is 9.59 Å². The normalized spacial score (nSPS) is 16.6. The average molecular weight is 182 g/mol. The maximum Gasteiger partial charge on any atom is 0.276 e. The maximum absolute atomic E-state index is 11.3. The van der Waals surface area contributed by atoms with E-state index >= 15 is 0 Å². The molecule has 12 heavy (non-hydrogen) atoms. The molecule has 2 amide bonds. The number of fused-ring (bicyclic) bond motifs is 1. The fraction of sp³-hybridized carbons (Fsp3) is 0.143. The van der Waals surface area contributed by atoms with Crippen molar-refractivity contribution in [2.75, 3.05) is 0 Å². The zero-order chi connectivity index (χ0) is 8.72. The fourth-order valence-electron chi connectivity index (χ4n) is 1.13. The van der Waals surface area contributed by atoms with Gasteiger partial charge >= 0.3 is 0 Å². The van der Waals surface area contributed by atoms with Gasteiger partial charge in [0.2, 0.25) is 5.91 Å². The van der Waals surface area contributed by atoms with Crippen LogP contribution >= 0.6 is 11.3 Å². The van der Waals surface area contributed by atoms with Crippen LogP contribution in [0.4, 0.5) is 0 Å². The molecule has 1 aromatic heterocycles. The van der Waals surface area contributed by atoms with Crippen LogP contribution in [0.3, 0.4) is 0 Å². The molecule has 2 heterocycles. The minimum absolute atomic E-state index is 0.245. The zero-order valence-corrected chi connectivity index (χ0v) is 6.93. The van der Waals surface area contributed by atoms with Crippen molar-refractivity contribution < 1.29 is 9.59 Å². The summed E-state index contributed by atoms with van der Waals surface area (Å²) in [5.41, 5.74) is 0.558. The van der Waals surface area contributed by atoms with Crippen LogP contribution in [0.25, 0.3) is 0 Å². The van der Waals surface area contributed by atoms with Gasteiger partial charge < -0.3 is 0 Å². The van der Waals surface area contributed by atoms with Gasteiger partial charge in [-0.05, 0) is 11.4 Å². The summed E-state index contributed by atoms with van der Waals surface area (Å²) in [6, 6.07) is 1.69.